The third-order valence-corrected chi connectivity index (χ3v) is 6.54. The van der Waals surface area contributed by atoms with Gasteiger partial charge < -0.3 is 9.30 Å². The lowest BCUT2D eigenvalue weighted by Gasteiger charge is -2.06. The smallest absolute Gasteiger partial charge is 0.307 e. The lowest BCUT2D eigenvalue weighted by atomic mass is 10.2. The van der Waals surface area contributed by atoms with Crippen molar-refractivity contribution in [3.05, 3.63) is 57.3 Å². The highest BCUT2D eigenvalue weighted by molar-refractivity contribution is 9.10. The van der Waals surface area contributed by atoms with Gasteiger partial charge in [0.1, 0.15) is 0 Å². The Morgan fingerprint density at radius 1 is 1.23 bits per heavy atom. The van der Waals surface area contributed by atoms with E-state index in [0.29, 0.717) is 20.6 Å². The van der Waals surface area contributed by atoms with Crippen LogP contribution in [0.15, 0.2) is 56.8 Å². The van der Waals surface area contributed by atoms with Crippen molar-refractivity contribution in [2.24, 2.45) is 10.1 Å². The van der Waals surface area contributed by atoms with Crippen molar-refractivity contribution in [1.29, 1.82) is 0 Å². The molecular weight excluding hydrogens is 494 g/mol. The maximum absolute atomic E-state index is 12.7. The highest BCUT2D eigenvalue weighted by Crippen LogP contribution is 2.22. The Kier molecular flexibility index (Phi) is 6.86. The molecular formula is C19H18BrN3O5S2. The van der Waals surface area contributed by atoms with E-state index >= 15 is 0 Å². The number of thiazole rings is 1. The van der Waals surface area contributed by atoms with Gasteiger partial charge in [-0.2, -0.15) is 4.99 Å². The number of rotatable bonds is 6. The second-order valence-corrected chi connectivity index (χ2v) is 9.68. The molecule has 30 heavy (non-hydrogen) atoms. The summed E-state index contributed by atoms with van der Waals surface area (Å²) in [6.07, 6.45) is 0.0782. The quantitative estimate of drug-likeness (QED) is 0.510. The number of halogens is 1. The number of sulfonamides is 1. The highest BCUT2D eigenvalue weighted by Gasteiger charge is 2.15. The van der Waals surface area contributed by atoms with Gasteiger partial charge in [-0.15, -0.1) is 0 Å². The highest BCUT2D eigenvalue weighted by atomic mass is 79.9. The van der Waals surface area contributed by atoms with E-state index in [1.54, 1.807) is 41.8 Å². The maximum Gasteiger partial charge on any atom is 0.307 e. The lowest BCUT2D eigenvalue weighted by Crippen LogP contribution is -2.19. The molecule has 1 amide bonds. The summed E-state index contributed by atoms with van der Waals surface area (Å²) in [5, 5.41) is 5.22. The first-order valence-electron chi connectivity index (χ1n) is 8.85. The van der Waals surface area contributed by atoms with Gasteiger partial charge in [0.25, 0.3) is 5.91 Å². The third kappa shape index (κ3) is 5.22. The first-order chi connectivity index (χ1) is 14.2. The number of nitrogens with two attached hydrogens (primary N) is 1. The van der Waals surface area contributed by atoms with Gasteiger partial charge in [0.05, 0.1) is 28.1 Å². The summed E-state index contributed by atoms with van der Waals surface area (Å²) >= 11 is 4.46. The van der Waals surface area contributed by atoms with Gasteiger partial charge in [-0.3, -0.25) is 9.59 Å². The van der Waals surface area contributed by atoms with E-state index in [4.69, 9.17) is 9.88 Å². The molecule has 11 heteroatoms. The van der Waals surface area contributed by atoms with E-state index in [0.717, 1.165) is 15.8 Å². The summed E-state index contributed by atoms with van der Waals surface area (Å²) in [6, 6.07) is 11.2. The molecule has 0 fully saturated rings. The Morgan fingerprint density at radius 3 is 2.67 bits per heavy atom. The number of benzene rings is 2. The fourth-order valence-corrected chi connectivity index (χ4v) is 4.85. The Hall–Kier alpha value is -2.34. The molecule has 1 heterocycles. The molecule has 0 spiro atoms. The molecule has 3 aromatic rings. The van der Waals surface area contributed by atoms with Crippen LogP contribution in [0.3, 0.4) is 0 Å². The molecule has 8 nitrogen and oxygen atoms in total. The summed E-state index contributed by atoms with van der Waals surface area (Å²) < 4.78 is 31.3. The third-order valence-electron chi connectivity index (χ3n) is 4.10. The molecule has 0 aliphatic heterocycles. The van der Waals surface area contributed by atoms with Crippen LogP contribution in [-0.2, 0) is 26.1 Å². The Bertz CT molecular complexity index is 1290. The normalized spacial score (nSPS) is 12.3. The van der Waals surface area contributed by atoms with Crippen molar-refractivity contribution in [3.63, 3.8) is 0 Å². The van der Waals surface area contributed by atoms with Crippen molar-refractivity contribution in [2.75, 3.05) is 6.61 Å². The fraction of sp³-hybridized carbons (Fsp3) is 0.211. The minimum atomic E-state index is -3.88. The van der Waals surface area contributed by atoms with Crippen molar-refractivity contribution in [2.45, 2.75) is 24.8 Å². The number of hydrogen-bond donors (Lipinski definition) is 1. The van der Waals surface area contributed by atoms with E-state index in [1.165, 1.54) is 12.1 Å². The summed E-state index contributed by atoms with van der Waals surface area (Å²) in [6.45, 7) is 2.21. The molecule has 0 unspecified atom stereocenters. The zero-order valence-electron chi connectivity index (χ0n) is 15.9. The van der Waals surface area contributed by atoms with Crippen LogP contribution in [0, 0.1) is 0 Å². The molecule has 3 rings (SSSR count). The van der Waals surface area contributed by atoms with Crippen LogP contribution in [0.1, 0.15) is 23.7 Å². The molecule has 0 radical (unpaired) electrons. The summed E-state index contributed by atoms with van der Waals surface area (Å²) in [4.78, 5) is 29.0. The zero-order chi connectivity index (χ0) is 21.9. The Balaban J connectivity index is 2.11. The van der Waals surface area contributed by atoms with Gasteiger partial charge >= 0.3 is 5.97 Å². The summed E-state index contributed by atoms with van der Waals surface area (Å²) in [5.74, 6) is -0.839. The zero-order valence-corrected chi connectivity index (χ0v) is 19.1. The second kappa shape index (κ2) is 9.21. The van der Waals surface area contributed by atoms with Crippen molar-refractivity contribution >= 4 is 59.4 Å². The van der Waals surface area contributed by atoms with Crippen LogP contribution in [0.25, 0.3) is 10.2 Å². The molecule has 0 aliphatic carbocycles. The molecule has 0 aliphatic rings. The molecule has 0 atom stereocenters. The molecule has 2 N–H and O–H groups in total. The molecule has 158 valence electrons. The average Bonchev–Trinajstić information content (AvgIpc) is 3.02. The number of esters is 1. The Morgan fingerprint density at radius 2 is 2.00 bits per heavy atom. The van der Waals surface area contributed by atoms with E-state index in [2.05, 4.69) is 20.9 Å². The second-order valence-electron chi connectivity index (χ2n) is 6.19. The monoisotopic (exact) mass is 511 g/mol. The van der Waals surface area contributed by atoms with Crippen LogP contribution in [0.2, 0.25) is 0 Å². The van der Waals surface area contributed by atoms with Crippen LogP contribution < -0.4 is 9.94 Å². The summed E-state index contributed by atoms with van der Waals surface area (Å²) in [5.41, 5.74) is 1.03. The van der Waals surface area contributed by atoms with E-state index in [9.17, 15) is 18.0 Å². The first-order valence-corrected chi connectivity index (χ1v) is 12.0. The largest absolute Gasteiger partial charge is 0.466 e. The fourth-order valence-electron chi connectivity index (χ4n) is 2.74. The summed E-state index contributed by atoms with van der Waals surface area (Å²) in [7, 11) is -3.88. The van der Waals surface area contributed by atoms with Crippen LogP contribution in [0.5, 0.6) is 0 Å². The number of aryl methyl sites for hydroxylation is 1. The van der Waals surface area contributed by atoms with Crippen molar-refractivity contribution in [3.8, 4) is 0 Å². The van der Waals surface area contributed by atoms with Crippen LogP contribution >= 0.6 is 27.3 Å². The Labute approximate surface area is 185 Å². The number of nitrogens with zero attached hydrogens (tertiary/aromatic N) is 2. The van der Waals surface area contributed by atoms with Gasteiger partial charge in [-0.05, 0) is 43.3 Å². The SMILES string of the molecule is CCOC(=O)CCn1c(=NC(=O)c2cccc(Br)c2)sc2cc(S(N)(=O)=O)ccc21. The molecule has 1 aromatic heterocycles. The van der Waals surface area contributed by atoms with Crippen molar-refractivity contribution in [1.82, 2.24) is 4.57 Å². The molecule has 2 aromatic carbocycles. The standard InChI is InChI=1S/C19H18BrN3O5S2/c1-2-28-17(24)8-9-23-15-7-6-14(30(21,26)27)11-16(15)29-19(23)22-18(25)12-4-3-5-13(20)10-12/h3-7,10-11H,2,8-9H2,1H3,(H2,21,26,27). The number of fused-ring (bicyclic) bond motifs is 1. The van der Waals surface area contributed by atoms with Gasteiger partial charge in [-0.25, -0.2) is 13.6 Å². The average molecular weight is 512 g/mol. The predicted molar refractivity (Wildman–Crippen MR) is 116 cm³/mol. The van der Waals surface area contributed by atoms with E-state index in [1.807, 2.05) is 0 Å². The van der Waals surface area contributed by atoms with Gasteiger partial charge in [-0.1, -0.05) is 33.3 Å². The van der Waals surface area contributed by atoms with Gasteiger partial charge in [0.15, 0.2) is 4.80 Å². The van der Waals surface area contributed by atoms with Crippen LogP contribution in [0.4, 0.5) is 0 Å². The number of aromatic nitrogens is 1. The van der Waals surface area contributed by atoms with Gasteiger partial charge in [0.2, 0.25) is 10.0 Å². The number of amides is 1. The van der Waals surface area contributed by atoms with Crippen LogP contribution in [-0.4, -0.2) is 31.5 Å². The molecule has 0 saturated heterocycles. The number of ether oxygens (including phenoxy) is 1. The van der Waals surface area contributed by atoms with Gasteiger partial charge in [0, 0.05) is 16.6 Å². The number of carbonyl (C=O) groups excluding carboxylic acids is 2. The minimum Gasteiger partial charge on any atom is -0.466 e. The lowest BCUT2D eigenvalue weighted by molar-refractivity contribution is -0.143. The first kappa shape index (κ1) is 22.3. The number of primary sulfonamides is 1. The minimum absolute atomic E-state index is 0.0429. The topological polar surface area (TPSA) is 121 Å². The molecule has 0 saturated carbocycles. The number of carbonyl (C=O) groups is 2. The number of hydrogen-bond acceptors (Lipinski definition) is 6. The van der Waals surface area contributed by atoms with E-state index < -0.39 is 15.9 Å². The van der Waals surface area contributed by atoms with Crippen molar-refractivity contribution < 1.29 is 22.7 Å². The van der Waals surface area contributed by atoms with E-state index in [-0.39, 0.29) is 30.4 Å². The predicted octanol–water partition coefficient (Wildman–Crippen LogP) is 2.81. The maximum atomic E-state index is 12.7. The molecule has 0 bridgehead atoms.